The highest BCUT2D eigenvalue weighted by atomic mass is 32.2. The molecule has 2 atom stereocenters. The predicted molar refractivity (Wildman–Crippen MR) is 111 cm³/mol. The van der Waals surface area contributed by atoms with Crippen molar-refractivity contribution in [1.82, 2.24) is 9.97 Å². The molecule has 5 nitrogen and oxygen atoms in total. The number of aliphatic imine (C=N–C) groups is 1. The van der Waals surface area contributed by atoms with Crippen molar-refractivity contribution in [2.24, 2.45) is 16.3 Å². The summed E-state index contributed by atoms with van der Waals surface area (Å²) in [5.74, 6) is 0.0206. The van der Waals surface area contributed by atoms with Gasteiger partial charge in [0.1, 0.15) is 5.78 Å². The monoisotopic (exact) mass is 401 g/mol. The summed E-state index contributed by atoms with van der Waals surface area (Å²) in [5.41, 5.74) is 1.12. The van der Waals surface area contributed by atoms with Crippen LogP contribution < -0.4 is 5.56 Å². The molecule has 4 rings (SSSR count). The molecule has 1 N–H and O–H groups in total. The molecule has 0 radical (unpaired) electrons. The number of rotatable bonds is 3. The summed E-state index contributed by atoms with van der Waals surface area (Å²) in [4.78, 5) is 39.4. The van der Waals surface area contributed by atoms with Gasteiger partial charge < -0.3 is 4.98 Å². The second kappa shape index (κ2) is 6.71. The Morgan fingerprint density at radius 2 is 2.04 bits per heavy atom. The summed E-state index contributed by atoms with van der Waals surface area (Å²) in [6.07, 6.45) is 1.27. The van der Waals surface area contributed by atoms with E-state index in [1.54, 1.807) is 11.3 Å². The lowest BCUT2D eigenvalue weighted by Gasteiger charge is -2.39. The number of nitrogens with one attached hydrogen (secondary N) is 1. The van der Waals surface area contributed by atoms with Gasteiger partial charge in [0.2, 0.25) is 0 Å². The standard InChI is InChI=1S/C20H23N3O2S2/c1-10(2)27-19-22-17-16(18(25)23-19)15(13-6-5-7-26-13)14-11(21-17)8-20(3,4)9-12(14)24/h5-7,10,14-15H,8-9H2,1-4H3,(H,22,23,25). The van der Waals surface area contributed by atoms with Crippen LogP contribution in [0.4, 0.5) is 5.82 Å². The number of aromatic amines is 1. The molecule has 1 saturated carbocycles. The Kier molecular flexibility index (Phi) is 4.63. The normalized spacial score (nSPS) is 23.7. The van der Waals surface area contributed by atoms with Gasteiger partial charge in [-0.1, -0.05) is 45.5 Å². The first kappa shape index (κ1) is 18.6. The zero-order valence-corrected chi connectivity index (χ0v) is 17.5. The van der Waals surface area contributed by atoms with Crippen LogP contribution in [-0.4, -0.2) is 26.7 Å². The van der Waals surface area contributed by atoms with Crippen molar-refractivity contribution in [3.8, 4) is 0 Å². The number of thiophene rings is 1. The van der Waals surface area contributed by atoms with E-state index in [9.17, 15) is 9.59 Å². The maximum Gasteiger partial charge on any atom is 0.257 e. The molecule has 3 heterocycles. The van der Waals surface area contributed by atoms with E-state index in [1.165, 1.54) is 11.8 Å². The molecule has 1 aliphatic heterocycles. The van der Waals surface area contributed by atoms with Gasteiger partial charge in [0, 0.05) is 28.2 Å². The zero-order chi connectivity index (χ0) is 19.3. The maximum atomic E-state index is 13.1. The van der Waals surface area contributed by atoms with Gasteiger partial charge in [-0.15, -0.1) is 11.3 Å². The molecule has 2 unspecified atom stereocenters. The van der Waals surface area contributed by atoms with E-state index in [0.717, 1.165) is 17.0 Å². The average molecular weight is 402 g/mol. The van der Waals surface area contributed by atoms with Crippen LogP contribution in [0.3, 0.4) is 0 Å². The largest absolute Gasteiger partial charge is 0.301 e. The van der Waals surface area contributed by atoms with Gasteiger partial charge in [-0.05, 0) is 23.3 Å². The first-order chi connectivity index (χ1) is 12.7. The number of Topliss-reactive ketones (excluding diaryl/α,β-unsaturated/α-hetero) is 1. The van der Waals surface area contributed by atoms with Crippen LogP contribution in [0.2, 0.25) is 0 Å². The molecule has 142 valence electrons. The summed E-state index contributed by atoms with van der Waals surface area (Å²) in [5, 5.41) is 2.88. The molecule has 7 heteroatoms. The summed E-state index contributed by atoms with van der Waals surface area (Å²) >= 11 is 3.09. The van der Waals surface area contributed by atoms with Crippen molar-refractivity contribution in [1.29, 1.82) is 0 Å². The Balaban J connectivity index is 1.92. The number of carbonyl (C=O) groups excluding carboxylic acids is 1. The third-order valence-electron chi connectivity index (χ3n) is 5.02. The van der Waals surface area contributed by atoms with E-state index >= 15 is 0 Å². The number of ketones is 1. The van der Waals surface area contributed by atoms with Gasteiger partial charge in [-0.25, -0.2) is 9.98 Å². The Hall–Kier alpha value is -1.73. The lowest BCUT2D eigenvalue weighted by atomic mass is 9.65. The fraction of sp³-hybridized carbons (Fsp3) is 0.500. The quantitative estimate of drug-likeness (QED) is 0.604. The molecule has 0 bridgehead atoms. The number of nitrogens with zero attached hydrogens (tertiary/aromatic N) is 2. The minimum absolute atomic E-state index is 0.110. The molecule has 1 aliphatic carbocycles. The van der Waals surface area contributed by atoms with E-state index in [-0.39, 0.29) is 28.6 Å². The molecule has 0 amide bonds. The molecule has 2 aromatic heterocycles. The number of carbonyl (C=O) groups is 1. The lowest BCUT2D eigenvalue weighted by molar-refractivity contribution is -0.124. The second-order valence-corrected chi connectivity index (χ2v) is 10.9. The van der Waals surface area contributed by atoms with Crippen LogP contribution in [0.25, 0.3) is 0 Å². The maximum absolute atomic E-state index is 13.1. The SMILES string of the molecule is CC(C)Sc1nc2c(c(=O)[nH]1)C(c1cccs1)C1C(=O)CC(C)(C)CC1=N2. The number of H-pyrrole nitrogens is 1. The predicted octanol–water partition coefficient (Wildman–Crippen LogP) is 4.56. The van der Waals surface area contributed by atoms with Gasteiger partial charge in [-0.2, -0.15) is 0 Å². The number of aromatic nitrogens is 2. The molecular formula is C20H23N3O2S2. The Morgan fingerprint density at radius 1 is 1.26 bits per heavy atom. The molecule has 2 aromatic rings. The van der Waals surface area contributed by atoms with Gasteiger partial charge in [0.15, 0.2) is 11.0 Å². The van der Waals surface area contributed by atoms with E-state index in [4.69, 9.17) is 4.99 Å². The van der Waals surface area contributed by atoms with E-state index < -0.39 is 0 Å². The summed E-state index contributed by atoms with van der Waals surface area (Å²) in [7, 11) is 0. The highest BCUT2D eigenvalue weighted by molar-refractivity contribution is 7.99. The lowest BCUT2D eigenvalue weighted by Crippen LogP contribution is -2.43. The highest BCUT2D eigenvalue weighted by Gasteiger charge is 2.47. The van der Waals surface area contributed by atoms with Crippen molar-refractivity contribution in [2.75, 3.05) is 0 Å². The smallest absolute Gasteiger partial charge is 0.257 e. The van der Waals surface area contributed by atoms with E-state index in [0.29, 0.717) is 28.2 Å². The number of thioether (sulfide) groups is 1. The van der Waals surface area contributed by atoms with Crippen LogP contribution in [0.15, 0.2) is 32.5 Å². The Labute approximate surface area is 166 Å². The number of hydrogen-bond acceptors (Lipinski definition) is 6. The minimum atomic E-state index is -0.351. The third-order valence-corrected chi connectivity index (χ3v) is 6.87. The second-order valence-electron chi connectivity index (χ2n) is 8.33. The summed E-state index contributed by atoms with van der Waals surface area (Å²) < 4.78 is 0. The topological polar surface area (TPSA) is 75.2 Å². The van der Waals surface area contributed by atoms with Crippen molar-refractivity contribution in [3.63, 3.8) is 0 Å². The minimum Gasteiger partial charge on any atom is -0.301 e. The van der Waals surface area contributed by atoms with Crippen LogP contribution in [0.5, 0.6) is 0 Å². The average Bonchev–Trinajstić information content (AvgIpc) is 3.04. The van der Waals surface area contributed by atoms with Crippen molar-refractivity contribution < 1.29 is 4.79 Å². The molecule has 0 aromatic carbocycles. The summed E-state index contributed by atoms with van der Waals surface area (Å²) in [6, 6.07) is 3.97. The van der Waals surface area contributed by atoms with Crippen molar-refractivity contribution in [2.45, 2.75) is 56.9 Å². The number of hydrogen-bond donors (Lipinski definition) is 1. The van der Waals surface area contributed by atoms with Gasteiger partial charge in [-0.3, -0.25) is 9.59 Å². The molecule has 2 aliphatic rings. The molecular weight excluding hydrogens is 378 g/mol. The first-order valence-electron chi connectivity index (χ1n) is 9.19. The van der Waals surface area contributed by atoms with E-state index in [1.807, 2.05) is 17.5 Å². The zero-order valence-electron chi connectivity index (χ0n) is 15.9. The van der Waals surface area contributed by atoms with E-state index in [2.05, 4.69) is 37.7 Å². The van der Waals surface area contributed by atoms with Crippen LogP contribution in [0.1, 0.15) is 56.9 Å². The molecule has 0 spiro atoms. The molecule has 1 fully saturated rings. The van der Waals surface area contributed by atoms with Crippen molar-refractivity contribution in [3.05, 3.63) is 38.3 Å². The van der Waals surface area contributed by atoms with Crippen LogP contribution in [-0.2, 0) is 4.79 Å². The fourth-order valence-corrected chi connectivity index (χ4v) is 5.70. The first-order valence-corrected chi connectivity index (χ1v) is 11.0. The van der Waals surface area contributed by atoms with Crippen LogP contribution in [0, 0.1) is 11.3 Å². The van der Waals surface area contributed by atoms with Gasteiger partial charge in [0.25, 0.3) is 5.56 Å². The highest BCUT2D eigenvalue weighted by Crippen LogP contribution is 2.48. The van der Waals surface area contributed by atoms with Crippen molar-refractivity contribution >= 4 is 40.4 Å². The molecule has 27 heavy (non-hydrogen) atoms. The Bertz CT molecular complexity index is 974. The summed E-state index contributed by atoms with van der Waals surface area (Å²) in [6.45, 7) is 8.32. The Morgan fingerprint density at radius 3 is 2.70 bits per heavy atom. The number of fused-ring (bicyclic) bond motifs is 2. The third kappa shape index (κ3) is 3.43. The van der Waals surface area contributed by atoms with Gasteiger partial charge in [0.05, 0.1) is 11.5 Å². The fourth-order valence-electron chi connectivity index (χ4n) is 4.09. The van der Waals surface area contributed by atoms with Crippen LogP contribution >= 0.6 is 23.1 Å². The molecule has 0 saturated heterocycles. The van der Waals surface area contributed by atoms with Gasteiger partial charge >= 0.3 is 0 Å².